The van der Waals surface area contributed by atoms with Crippen molar-refractivity contribution in [2.75, 3.05) is 20.1 Å². The van der Waals surface area contributed by atoms with Gasteiger partial charge in [-0.2, -0.15) is 0 Å². The summed E-state index contributed by atoms with van der Waals surface area (Å²) in [6, 6.07) is 3.62. The summed E-state index contributed by atoms with van der Waals surface area (Å²) in [5.41, 5.74) is 5.93. The number of benzene rings is 1. The first-order valence-corrected chi connectivity index (χ1v) is 5.41. The van der Waals surface area contributed by atoms with E-state index in [1.54, 1.807) is 0 Å². The van der Waals surface area contributed by atoms with Gasteiger partial charge in [0.1, 0.15) is 11.6 Å². The van der Waals surface area contributed by atoms with Crippen LogP contribution >= 0.6 is 0 Å². The van der Waals surface area contributed by atoms with E-state index in [1.807, 2.05) is 18.9 Å². The van der Waals surface area contributed by atoms with E-state index in [-0.39, 0.29) is 6.04 Å². The van der Waals surface area contributed by atoms with Gasteiger partial charge in [-0.25, -0.2) is 8.78 Å². The average molecular weight is 228 g/mol. The normalized spacial score (nSPS) is 13.1. The molecule has 1 aromatic rings. The molecule has 90 valence electrons. The van der Waals surface area contributed by atoms with Crippen molar-refractivity contribution in [1.82, 2.24) is 4.90 Å². The lowest BCUT2D eigenvalue weighted by molar-refractivity contribution is 0.254. The van der Waals surface area contributed by atoms with Gasteiger partial charge >= 0.3 is 0 Å². The zero-order chi connectivity index (χ0) is 12.1. The van der Waals surface area contributed by atoms with E-state index in [9.17, 15) is 8.78 Å². The lowest BCUT2D eigenvalue weighted by Crippen LogP contribution is -2.25. The SMILES string of the molecule is CC(c1ccc(F)cc1F)N(C)CCCN. The summed E-state index contributed by atoms with van der Waals surface area (Å²) in [5.74, 6) is -1.04. The van der Waals surface area contributed by atoms with Crippen LogP contribution < -0.4 is 5.73 Å². The molecule has 0 bridgehead atoms. The maximum atomic E-state index is 13.5. The molecule has 4 heteroatoms. The summed E-state index contributed by atoms with van der Waals surface area (Å²) < 4.78 is 26.2. The predicted octanol–water partition coefficient (Wildman–Crippen LogP) is 2.31. The molecule has 16 heavy (non-hydrogen) atoms. The van der Waals surface area contributed by atoms with Crippen molar-refractivity contribution < 1.29 is 8.78 Å². The molecule has 0 amide bonds. The second-order valence-electron chi connectivity index (χ2n) is 3.96. The molecule has 0 heterocycles. The smallest absolute Gasteiger partial charge is 0.130 e. The summed E-state index contributed by atoms with van der Waals surface area (Å²) >= 11 is 0. The lowest BCUT2D eigenvalue weighted by Gasteiger charge is -2.25. The maximum absolute atomic E-state index is 13.5. The van der Waals surface area contributed by atoms with Crippen LogP contribution in [0.2, 0.25) is 0 Å². The van der Waals surface area contributed by atoms with Crippen molar-refractivity contribution >= 4 is 0 Å². The second kappa shape index (κ2) is 5.92. The highest BCUT2D eigenvalue weighted by Crippen LogP contribution is 2.22. The number of nitrogens with two attached hydrogens (primary N) is 1. The molecular weight excluding hydrogens is 210 g/mol. The van der Waals surface area contributed by atoms with Crippen molar-refractivity contribution in [3.8, 4) is 0 Å². The van der Waals surface area contributed by atoms with Crippen LogP contribution in [-0.2, 0) is 0 Å². The van der Waals surface area contributed by atoms with E-state index in [2.05, 4.69) is 0 Å². The molecule has 2 nitrogen and oxygen atoms in total. The van der Waals surface area contributed by atoms with Crippen LogP contribution in [0.4, 0.5) is 8.78 Å². The second-order valence-corrected chi connectivity index (χ2v) is 3.96. The standard InChI is InChI=1S/C12H18F2N2/c1-9(16(2)7-3-6-15)11-5-4-10(13)8-12(11)14/h4-5,8-9H,3,6-7,15H2,1-2H3. The zero-order valence-corrected chi connectivity index (χ0v) is 9.71. The van der Waals surface area contributed by atoms with Crippen LogP contribution in [0, 0.1) is 11.6 Å². The van der Waals surface area contributed by atoms with Gasteiger partial charge in [0, 0.05) is 17.7 Å². The molecule has 0 saturated carbocycles. The van der Waals surface area contributed by atoms with E-state index in [4.69, 9.17) is 5.73 Å². The minimum Gasteiger partial charge on any atom is -0.330 e. The maximum Gasteiger partial charge on any atom is 0.130 e. The number of nitrogens with zero attached hydrogens (tertiary/aromatic N) is 1. The highest BCUT2D eigenvalue weighted by Gasteiger charge is 2.15. The van der Waals surface area contributed by atoms with Crippen molar-refractivity contribution in [2.24, 2.45) is 5.73 Å². The van der Waals surface area contributed by atoms with E-state index in [0.717, 1.165) is 19.0 Å². The van der Waals surface area contributed by atoms with Crippen LogP contribution in [0.15, 0.2) is 18.2 Å². The Morgan fingerprint density at radius 1 is 1.38 bits per heavy atom. The Labute approximate surface area is 95.1 Å². The fourth-order valence-corrected chi connectivity index (χ4v) is 1.61. The van der Waals surface area contributed by atoms with Gasteiger partial charge in [-0.1, -0.05) is 6.07 Å². The quantitative estimate of drug-likeness (QED) is 0.838. The average Bonchev–Trinajstić information content (AvgIpc) is 2.25. The van der Waals surface area contributed by atoms with Crippen LogP contribution in [0.5, 0.6) is 0 Å². The Morgan fingerprint density at radius 3 is 2.62 bits per heavy atom. The molecule has 1 aromatic carbocycles. The van der Waals surface area contributed by atoms with Gasteiger partial charge in [-0.05, 0) is 39.5 Å². The van der Waals surface area contributed by atoms with Crippen LogP contribution in [-0.4, -0.2) is 25.0 Å². The Hall–Kier alpha value is -1.00. The van der Waals surface area contributed by atoms with Crippen LogP contribution in [0.1, 0.15) is 24.9 Å². The Bertz CT molecular complexity index is 342. The number of halogens is 2. The minimum atomic E-state index is -0.543. The summed E-state index contributed by atoms with van der Waals surface area (Å²) in [7, 11) is 1.91. The topological polar surface area (TPSA) is 29.3 Å². The van der Waals surface area contributed by atoms with E-state index in [0.29, 0.717) is 12.1 Å². The fourth-order valence-electron chi connectivity index (χ4n) is 1.61. The summed E-state index contributed by atoms with van der Waals surface area (Å²) in [6.45, 7) is 3.31. The summed E-state index contributed by atoms with van der Waals surface area (Å²) in [4.78, 5) is 2.00. The van der Waals surface area contributed by atoms with Gasteiger partial charge in [-0.3, -0.25) is 4.90 Å². The van der Waals surface area contributed by atoms with Crippen molar-refractivity contribution in [2.45, 2.75) is 19.4 Å². The Morgan fingerprint density at radius 2 is 2.06 bits per heavy atom. The molecule has 1 atom stereocenters. The molecule has 0 spiro atoms. The highest BCUT2D eigenvalue weighted by molar-refractivity contribution is 5.21. The monoisotopic (exact) mass is 228 g/mol. The third-order valence-corrected chi connectivity index (χ3v) is 2.79. The van der Waals surface area contributed by atoms with E-state index >= 15 is 0 Å². The van der Waals surface area contributed by atoms with Gasteiger partial charge in [0.2, 0.25) is 0 Å². The Balaban J connectivity index is 2.75. The molecule has 0 fully saturated rings. The van der Waals surface area contributed by atoms with E-state index < -0.39 is 11.6 Å². The minimum absolute atomic E-state index is 0.0767. The molecule has 0 radical (unpaired) electrons. The van der Waals surface area contributed by atoms with Gasteiger partial charge < -0.3 is 5.73 Å². The number of hydrogen-bond donors (Lipinski definition) is 1. The molecule has 2 N–H and O–H groups in total. The molecule has 1 rings (SSSR count). The summed E-state index contributed by atoms with van der Waals surface area (Å²) in [5, 5.41) is 0. The third kappa shape index (κ3) is 3.25. The van der Waals surface area contributed by atoms with E-state index in [1.165, 1.54) is 12.1 Å². The number of hydrogen-bond acceptors (Lipinski definition) is 2. The molecule has 1 unspecified atom stereocenters. The molecular formula is C12H18F2N2. The van der Waals surface area contributed by atoms with Gasteiger partial charge in [0.15, 0.2) is 0 Å². The first-order chi connectivity index (χ1) is 7.56. The number of rotatable bonds is 5. The largest absolute Gasteiger partial charge is 0.330 e. The lowest BCUT2D eigenvalue weighted by atomic mass is 10.1. The first kappa shape index (κ1) is 13.1. The van der Waals surface area contributed by atoms with Crippen molar-refractivity contribution in [1.29, 1.82) is 0 Å². The summed E-state index contributed by atoms with van der Waals surface area (Å²) in [6.07, 6.45) is 0.865. The molecule has 0 aliphatic rings. The van der Waals surface area contributed by atoms with Crippen LogP contribution in [0.3, 0.4) is 0 Å². The molecule has 0 aromatic heterocycles. The fraction of sp³-hybridized carbons (Fsp3) is 0.500. The molecule has 0 aliphatic heterocycles. The van der Waals surface area contributed by atoms with Crippen molar-refractivity contribution in [3.63, 3.8) is 0 Å². The third-order valence-electron chi connectivity index (χ3n) is 2.79. The molecule has 0 aliphatic carbocycles. The highest BCUT2D eigenvalue weighted by atomic mass is 19.1. The van der Waals surface area contributed by atoms with Crippen molar-refractivity contribution in [3.05, 3.63) is 35.4 Å². The molecule has 0 saturated heterocycles. The first-order valence-electron chi connectivity index (χ1n) is 5.41. The van der Waals surface area contributed by atoms with Gasteiger partial charge in [0.05, 0.1) is 0 Å². The predicted molar refractivity (Wildman–Crippen MR) is 61.1 cm³/mol. The zero-order valence-electron chi connectivity index (χ0n) is 9.71. The van der Waals surface area contributed by atoms with Crippen LogP contribution in [0.25, 0.3) is 0 Å². The Kier molecular flexibility index (Phi) is 4.83. The van der Waals surface area contributed by atoms with Gasteiger partial charge in [0.25, 0.3) is 0 Å². The van der Waals surface area contributed by atoms with Gasteiger partial charge in [-0.15, -0.1) is 0 Å².